The van der Waals surface area contributed by atoms with Crippen LogP contribution in [0.15, 0.2) is 42.5 Å². The second-order valence-corrected chi connectivity index (χ2v) is 6.11. The van der Waals surface area contributed by atoms with E-state index in [0.29, 0.717) is 18.1 Å². The van der Waals surface area contributed by atoms with Crippen molar-refractivity contribution >= 4 is 0 Å². The van der Waals surface area contributed by atoms with E-state index < -0.39 is 0 Å². The predicted octanol–water partition coefficient (Wildman–Crippen LogP) is 3.52. The topological polar surface area (TPSA) is 15.3 Å². The monoisotopic (exact) mass is 270 g/mol. The van der Waals surface area contributed by atoms with Crippen molar-refractivity contribution in [2.75, 3.05) is 13.1 Å². The molecule has 2 unspecified atom stereocenters. The third-order valence-corrected chi connectivity index (χ3v) is 4.70. The Labute approximate surface area is 122 Å². The second kappa shape index (κ2) is 6.55. The smallest absolute Gasteiger partial charge is 0.0476 e. The number of hydrogen-bond donors (Lipinski definition) is 1. The predicted molar refractivity (Wildman–Crippen MR) is 84.7 cm³/mol. The lowest BCUT2D eigenvalue weighted by Crippen LogP contribution is -2.55. The molecule has 1 fully saturated rings. The van der Waals surface area contributed by atoms with Crippen LogP contribution >= 0.6 is 0 Å². The van der Waals surface area contributed by atoms with Gasteiger partial charge in [0.05, 0.1) is 0 Å². The molecule has 1 saturated heterocycles. The largest absolute Gasteiger partial charge is 0.311 e. The van der Waals surface area contributed by atoms with Crippen LogP contribution in [0.5, 0.6) is 0 Å². The summed E-state index contributed by atoms with van der Waals surface area (Å²) in [5, 5.41) is 3.76. The average Bonchev–Trinajstić information content (AvgIpc) is 3.03. The summed E-state index contributed by atoms with van der Waals surface area (Å²) in [6.07, 6.45) is 9.71. The standard InChI is InChI=1S/C18H26N2/c1-2-8-16-14-20(17-11-6-7-12-17)18(13-19-16)15-9-4-3-5-10-15/h3-7,9-10,16-19H,2,8,11-14H2,1H3. The highest BCUT2D eigenvalue weighted by atomic mass is 15.3. The van der Waals surface area contributed by atoms with Crippen LogP contribution in [0.2, 0.25) is 0 Å². The van der Waals surface area contributed by atoms with E-state index in [9.17, 15) is 0 Å². The lowest BCUT2D eigenvalue weighted by molar-refractivity contribution is 0.0832. The van der Waals surface area contributed by atoms with Gasteiger partial charge in [0.25, 0.3) is 0 Å². The van der Waals surface area contributed by atoms with Gasteiger partial charge >= 0.3 is 0 Å². The van der Waals surface area contributed by atoms with Gasteiger partial charge in [-0.1, -0.05) is 55.8 Å². The molecule has 1 heterocycles. The Kier molecular flexibility index (Phi) is 4.54. The molecule has 1 N–H and O–H groups in total. The minimum Gasteiger partial charge on any atom is -0.311 e. The quantitative estimate of drug-likeness (QED) is 0.842. The first-order valence-electron chi connectivity index (χ1n) is 8.07. The molecule has 2 nitrogen and oxygen atoms in total. The first-order chi connectivity index (χ1) is 9.88. The van der Waals surface area contributed by atoms with Crippen LogP contribution in [-0.2, 0) is 0 Å². The average molecular weight is 270 g/mol. The lowest BCUT2D eigenvalue weighted by Gasteiger charge is -2.44. The highest BCUT2D eigenvalue weighted by Gasteiger charge is 2.33. The van der Waals surface area contributed by atoms with Gasteiger partial charge in [0, 0.05) is 31.2 Å². The van der Waals surface area contributed by atoms with Gasteiger partial charge in [-0.2, -0.15) is 0 Å². The molecule has 2 atom stereocenters. The summed E-state index contributed by atoms with van der Waals surface area (Å²) in [6.45, 7) is 4.57. The Balaban J connectivity index is 1.77. The fraction of sp³-hybridized carbons (Fsp3) is 0.556. The van der Waals surface area contributed by atoms with E-state index in [2.05, 4.69) is 59.6 Å². The van der Waals surface area contributed by atoms with E-state index in [1.54, 1.807) is 0 Å². The molecule has 0 bridgehead atoms. The van der Waals surface area contributed by atoms with E-state index in [4.69, 9.17) is 0 Å². The van der Waals surface area contributed by atoms with Gasteiger partial charge < -0.3 is 5.32 Å². The third-order valence-electron chi connectivity index (χ3n) is 4.70. The van der Waals surface area contributed by atoms with Gasteiger partial charge in [-0.05, 0) is 24.8 Å². The molecule has 0 aromatic heterocycles. The van der Waals surface area contributed by atoms with E-state index >= 15 is 0 Å². The van der Waals surface area contributed by atoms with Gasteiger partial charge in [-0.25, -0.2) is 0 Å². The maximum Gasteiger partial charge on any atom is 0.0476 e. The zero-order valence-electron chi connectivity index (χ0n) is 12.5. The molecule has 1 aliphatic carbocycles. The number of hydrogen-bond acceptors (Lipinski definition) is 2. The number of piperazine rings is 1. The summed E-state index contributed by atoms with van der Waals surface area (Å²) >= 11 is 0. The van der Waals surface area contributed by atoms with Crippen molar-refractivity contribution in [3.8, 4) is 0 Å². The van der Waals surface area contributed by atoms with Crippen molar-refractivity contribution in [1.29, 1.82) is 0 Å². The highest BCUT2D eigenvalue weighted by molar-refractivity contribution is 5.21. The van der Waals surface area contributed by atoms with E-state index in [0.717, 1.165) is 6.54 Å². The number of rotatable bonds is 4. The highest BCUT2D eigenvalue weighted by Crippen LogP contribution is 2.30. The van der Waals surface area contributed by atoms with Crippen LogP contribution in [0.4, 0.5) is 0 Å². The van der Waals surface area contributed by atoms with Crippen molar-refractivity contribution in [3.63, 3.8) is 0 Å². The SMILES string of the molecule is CCCC1CN(C2CC=CC2)C(c2ccccc2)CN1. The third kappa shape index (κ3) is 2.97. The van der Waals surface area contributed by atoms with Crippen molar-refractivity contribution in [1.82, 2.24) is 10.2 Å². The van der Waals surface area contributed by atoms with Crippen LogP contribution in [0.25, 0.3) is 0 Å². The van der Waals surface area contributed by atoms with Gasteiger partial charge in [-0.3, -0.25) is 4.90 Å². The number of nitrogens with one attached hydrogen (secondary N) is 1. The van der Waals surface area contributed by atoms with Crippen LogP contribution in [0.3, 0.4) is 0 Å². The summed E-state index contributed by atoms with van der Waals surface area (Å²) in [4.78, 5) is 2.76. The molecule has 0 saturated carbocycles. The van der Waals surface area contributed by atoms with Crippen LogP contribution in [0.1, 0.15) is 44.2 Å². The molecule has 108 valence electrons. The molecule has 0 spiro atoms. The van der Waals surface area contributed by atoms with Gasteiger partial charge in [0.2, 0.25) is 0 Å². The number of nitrogens with zero attached hydrogens (tertiary/aromatic N) is 1. The summed E-state index contributed by atoms with van der Waals surface area (Å²) in [5.41, 5.74) is 1.46. The summed E-state index contributed by atoms with van der Waals surface area (Å²) in [6, 6.07) is 12.9. The molecule has 1 aromatic carbocycles. The minimum atomic E-state index is 0.536. The van der Waals surface area contributed by atoms with Crippen molar-refractivity contribution in [2.45, 2.75) is 50.7 Å². The Morgan fingerprint density at radius 2 is 1.90 bits per heavy atom. The molecule has 0 amide bonds. The maximum absolute atomic E-state index is 3.76. The molecule has 2 heteroatoms. The van der Waals surface area contributed by atoms with E-state index in [1.807, 2.05) is 0 Å². The fourth-order valence-corrected chi connectivity index (χ4v) is 3.65. The molecule has 2 aliphatic rings. The van der Waals surface area contributed by atoms with Gasteiger partial charge in [-0.15, -0.1) is 0 Å². The summed E-state index contributed by atoms with van der Waals surface area (Å²) in [5.74, 6) is 0. The number of benzene rings is 1. The molecule has 1 aromatic rings. The molecule has 3 rings (SSSR count). The van der Waals surface area contributed by atoms with Crippen LogP contribution in [-0.4, -0.2) is 30.1 Å². The second-order valence-electron chi connectivity index (χ2n) is 6.11. The maximum atomic E-state index is 3.76. The zero-order valence-corrected chi connectivity index (χ0v) is 12.5. The molecular formula is C18H26N2. The summed E-state index contributed by atoms with van der Waals surface area (Å²) < 4.78 is 0. The van der Waals surface area contributed by atoms with Gasteiger partial charge in [0.15, 0.2) is 0 Å². The van der Waals surface area contributed by atoms with Crippen molar-refractivity contribution in [2.24, 2.45) is 0 Å². The van der Waals surface area contributed by atoms with E-state index in [-0.39, 0.29) is 0 Å². The summed E-state index contributed by atoms with van der Waals surface area (Å²) in [7, 11) is 0. The Morgan fingerprint density at radius 3 is 2.60 bits per heavy atom. The lowest BCUT2D eigenvalue weighted by atomic mass is 9.96. The minimum absolute atomic E-state index is 0.536. The first kappa shape index (κ1) is 13.8. The zero-order chi connectivity index (χ0) is 13.8. The Bertz CT molecular complexity index is 432. The van der Waals surface area contributed by atoms with Gasteiger partial charge in [0.1, 0.15) is 0 Å². The molecular weight excluding hydrogens is 244 g/mol. The Morgan fingerprint density at radius 1 is 1.15 bits per heavy atom. The van der Waals surface area contributed by atoms with Crippen LogP contribution < -0.4 is 5.32 Å². The van der Waals surface area contributed by atoms with E-state index in [1.165, 1.54) is 37.8 Å². The molecule has 1 aliphatic heterocycles. The molecule has 20 heavy (non-hydrogen) atoms. The molecule has 0 radical (unpaired) electrons. The van der Waals surface area contributed by atoms with Crippen LogP contribution in [0, 0.1) is 0 Å². The fourth-order valence-electron chi connectivity index (χ4n) is 3.65. The normalized spacial score (nSPS) is 28.1. The van der Waals surface area contributed by atoms with Crippen molar-refractivity contribution < 1.29 is 0 Å². The van der Waals surface area contributed by atoms with Crippen molar-refractivity contribution in [3.05, 3.63) is 48.0 Å². The Hall–Kier alpha value is -1.12. The first-order valence-corrected chi connectivity index (χ1v) is 8.07.